The van der Waals surface area contributed by atoms with Gasteiger partial charge in [0.05, 0.1) is 11.4 Å². The van der Waals surface area contributed by atoms with Gasteiger partial charge in [-0.1, -0.05) is 24.3 Å². The van der Waals surface area contributed by atoms with E-state index in [4.69, 9.17) is 5.73 Å². The number of hydrogen-bond acceptors (Lipinski definition) is 6. The molecule has 0 aliphatic rings. The molecule has 0 fully saturated rings. The molecule has 0 spiro atoms. The monoisotopic (exact) mass is 417 g/mol. The van der Waals surface area contributed by atoms with Gasteiger partial charge in [0, 0.05) is 29.4 Å². The molecular formula is C23H23N5OS. The third kappa shape index (κ3) is 3.64. The lowest BCUT2D eigenvalue weighted by Gasteiger charge is -2.09. The number of aromatic nitrogens is 3. The van der Waals surface area contributed by atoms with E-state index in [2.05, 4.69) is 45.6 Å². The lowest BCUT2D eigenvalue weighted by atomic mass is 10.0. The SMILES string of the molecule is Cc1cc(C)c(-c2ccc(CNC(=O)c3sc4nnc(C)c(C)c4c3N)cc2)cn1. The number of pyridine rings is 1. The highest BCUT2D eigenvalue weighted by Crippen LogP contribution is 2.34. The molecule has 0 aliphatic carbocycles. The van der Waals surface area contributed by atoms with Crippen molar-refractivity contribution < 1.29 is 4.79 Å². The first-order valence-electron chi connectivity index (χ1n) is 9.67. The Hall–Kier alpha value is -3.32. The first kappa shape index (κ1) is 20.0. The molecule has 0 atom stereocenters. The molecule has 4 rings (SSSR count). The summed E-state index contributed by atoms with van der Waals surface area (Å²) in [7, 11) is 0. The summed E-state index contributed by atoms with van der Waals surface area (Å²) in [6.45, 7) is 8.32. The maximum atomic E-state index is 12.7. The molecule has 0 unspecified atom stereocenters. The molecule has 0 aliphatic heterocycles. The third-order valence-corrected chi connectivity index (χ3v) is 6.40. The zero-order valence-electron chi connectivity index (χ0n) is 17.4. The van der Waals surface area contributed by atoms with Gasteiger partial charge in [0.25, 0.3) is 5.91 Å². The summed E-state index contributed by atoms with van der Waals surface area (Å²) in [6, 6.07) is 10.2. The number of thiophene rings is 1. The van der Waals surface area contributed by atoms with Crippen LogP contribution in [0.3, 0.4) is 0 Å². The Balaban J connectivity index is 1.50. The number of benzene rings is 1. The number of anilines is 1. The molecule has 0 bridgehead atoms. The van der Waals surface area contributed by atoms with Gasteiger partial charge in [-0.05, 0) is 56.0 Å². The Morgan fingerprint density at radius 2 is 1.83 bits per heavy atom. The van der Waals surface area contributed by atoms with Crippen LogP contribution in [0, 0.1) is 27.7 Å². The lowest BCUT2D eigenvalue weighted by molar-refractivity contribution is 0.0956. The van der Waals surface area contributed by atoms with Crippen molar-refractivity contribution in [2.45, 2.75) is 34.2 Å². The molecule has 7 heteroatoms. The molecule has 3 aromatic heterocycles. The van der Waals surface area contributed by atoms with E-state index >= 15 is 0 Å². The van der Waals surface area contributed by atoms with Gasteiger partial charge >= 0.3 is 0 Å². The quantitative estimate of drug-likeness (QED) is 0.510. The van der Waals surface area contributed by atoms with Gasteiger partial charge in [-0.25, -0.2) is 0 Å². The molecule has 152 valence electrons. The molecule has 0 saturated heterocycles. The fourth-order valence-corrected chi connectivity index (χ4v) is 4.49. The van der Waals surface area contributed by atoms with Crippen LogP contribution >= 0.6 is 11.3 Å². The minimum absolute atomic E-state index is 0.199. The Morgan fingerprint density at radius 3 is 2.53 bits per heavy atom. The van der Waals surface area contributed by atoms with Gasteiger partial charge < -0.3 is 11.1 Å². The average Bonchev–Trinajstić information content (AvgIpc) is 3.07. The van der Waals surface area contributed by atoms with E-state index < -0.39 is 0 Å². The van der Waals surface area contributed by atoms with Crippen LogP contribution in [0.5, 0.6) is 0 Å². The number of nitrogens with two attached hydrogens (primary N) is 1. The molecule has 6 nitrogen and oxygen atoms in total. The van der Waals surface area contributed by atoms with Gasteiger partial charge in [-0.15, -0.1) is 16.4 Å². The molecule has 30 heavy (non-hydrogen) atoms. The third-order valence-electron chi connectivity index (χ3n) is 5.31. The van der Waals surface area contributed by atoms with Crippen LogP contribution in [0.4, 0.5) is 5.69 Å². The molecule has 0 radical (unpaired) electrons. The predicted octanol–water partition coefficient (Wildman–Crippen LogP) is 4.50. The molecule has 0 saturated carbocycles. The van der Waals surface area contributed by atoms with E-state index in [1.165, 1.54) is 16.9 Å². The van der Waals surface area contributed by atoms with E-state index in [1.807, 2.05) is 39.1 Å². The minimum Gasteiger partial charge on any atom is -0.397 e. The second-order valence-electron chi connectivity index (χ2n) is 7.46. The smallest absolute Gasteiger partial charge is 0.263 e. The molecule has 1 amide bonds. The van der Waals surface area contributed by atoms with Crippen molar-refractivity contribution in [2.24, 2.45) is 0 Å². The number of aryl methyl sites for hydroxylation is 4. The van der Waals surface area contributed by atoms with Crippen molar-refractivity contribution in [3.63, 3.8) is 0 Å². The predicted molar refractivity (Wildman–Crippen MR) is 122 cm³/mol. The molecule has 3 heterocycles. The minimum atomic E-state index is -0.199. The Morgan fingerprint density at radius 1 is 1.10 bits per heavy atom. The van der Waals surface area contributed by atoms with Crippen LogP contribution in [0.25, 0.3) is 21.3 Å². The maximum Gasteiger partial charge on any atom is 0.263 e. The number of hydrogen-bond donors (Lipinski definition) is 2. The summed E-state index contributed by atoms with van der Waals surface area (Å²) in [5, 5.41) is 12.1. The van der Waals surface area contributed by atoms with Crippen molar-refractivity contribution >= 4 is 33.1 Å². The van der Waals surface area contributed by atoms with Crippen molar-refractivity contribution in [1.82, 2.24) is 20.5 Å². The summed E-state index contributed by atoms with van der Waals surface area (Å²) in [6.07, 6.45) is 1.90. The number of nitrogens with zero attached hydrogens (tertiary/aromatic N) is 3. The molecule has 4 aromatic rings. The highest BCUT2D eigenvalue weighted by Gasteiger charge is 2.19. The highest BCUT2D eigenvalue weighted by molar-refractivity contribution is 7.21. The number of carbonyl (C=O) groups excluding carboxylic acids is 1. The van der Waals surface area contributed by atoms with Crippen LogP contribution in [0.1, 0.15) is 37.7 Å². The van der Waals surface area contributed by atoms with Gasteiger partial charge in [0.1, 0.15) is 9.71 Å². The molecule has 1 aromatic carbocycles. The van der Waals surface area contributed by atoms with Crippen molar-refractivity contribution in [1.29, 1.82) is 0 Å². The molecule has 3 N–H and O–H groups in total. The van der Waals surface area contributed by atoms with Gasteiger partial charge in [-0.2, -0.15) is 5.10 Å². The summed E-state index contributed by atoms with van der Waals surface area (Å²) in [5.41, 5.74) is 13.9. The zero-order chi connectivity index (χ0) is 21.4. The second kappa shape index (κ2) is 7.84. The fourth-order valence-electron chi connectivity index (χ4n) is 3.47. The molecular weight excluding hydrogens is 394 g/mol. The Bertz CT molecular complexity index is 1260. The van der Waals surface area contributed by atoms with E-state index in [0.717, 1.165) is 39.0 Å². The number of amides is 1. The summed E-state index contributed by atoms with van der Waals surface area (Å²) >= 11 is 1.27. The first-order chi connectivity index (χ1) is 14.3. The lowest BCUT2D eigenvalue weighted by Crippen LogP contribution is -2.22. The Labute approximate surface area is 179 Å². The zero-order valence-corrected chi connectivity index (χ0v) is 18.2. The van der Waals surface area contributed by atoms with Crippen LogP contribution < -0.4 is 11.1 Å². The number of carbonyl (C=O) groups is 1. The van der Waals surface area contributed by atoms with E-state index in [1.54, 1.807) is 0 Å². The maximum absolute atomic E-state index is 12.7. The standard InChI is InChI=1S/C23H23N5OS/c1-12-9-13(2)25-11-18(12)17-7-5-16(6-8-17)10-26-22(29)21-20(24)19-14(3)15(4)27-28-23(19)30-21/h5-9,11H,10,24H2,1-4H3,(H,26,29). The Kier molecular flexibility index (Phi) is 5.22. The largest absolute Gasteiger partial charge is 0.397 e. The van der Waals surface area contributed by atoms with E-state index in [-0.39, 0.29) is 5.91 Å². The van der Waals surface area contributed by atoms with E-state index in [9.17, 15) is 4.79 Å². The first-order valence-corrected chi connectivity index (χ1v) is 10.5. The average molecular weight is 418 g/mol. The number of nitrogen functional groups attached to an aromatic ring is 1. The van der Waals surface area contributed by atoms with Crippen molar-refractivity contribution in [3.8, 4) is 11.1 Å². The normalized spacial score (nSPS) is 11.1. The van der Waals surface area contributed by atoms with Crippen molar-refractivity contribution in [2.75, 3.05) is 5.73 Å². The number of rotatable bonds is 4. The topological polar surface area (TPSA) is 93.8 Å². The van der Waals surface area contributed by atoms with Crippen LogP contribution in [0.15, 0.2) is 36.5 Å². The van der Waals surface area contributed by atoms with Gasteiger partial charge in [0.15, 0.2) is 0 Å². The van der Waals surface area contributed by atoms with Crippen LogP contribution in [-0.2, 0) is 6.54 Å². The van der Waals surface area contributed by atoms with Crippen LogP contribution in [-0.4, -0.2) is 21.1 Å². The summed E-state index contributed by atoms with van der Waals surface area (Å²) in [5.74, 6) is -0.199. The number of nitrogens with one attached hydrogen (secondary N) is 1. The van der Waals surface area contributed by atoms with Crippen LogP contribution in [0.2, 0.25) is 0 Å². The fraction of sp³-hybridized carbons (Fsp3) is 0.217. The van der Waals surface area contributed by atoms with Gasteiger partial charge in [-0.3, -0.25) is 9.78 Å². The highest BCUT2D eigenvalue weighted by atomic mass is 32.1. The van der Waals surface area contributed by atoms with Gasteiger partial charge in [0.2, 0.25) is 0 Å². The second-order valence-corrected chi connectivity index (χ2v) is 8.45. The van der Waals surface area contributed by atoms with E-state index in [0.29, 0.717) is 21.9 Å². The number of fused-ring (bicyclic) bond motifs is 1. The summed E-state index contributed by atoms with van der Waals surface area (Å²) in [4.78, 5) is 18.3. The van der Waals surface area contributed by atoms with Crippen molar-refractivity contribution in [3.05, 3.63) is 69.5 Å². The summed E-state index contributed by atoms with van der Waals surface area (Å²) < 4.78 is 0.